The lowest BCUT2D eigenvalue weighted by Gasteiger charge is -2.21. The van der Waals surface area contributed by atoms with E-state index in [-0.39, 0.29) is 5.41 Å². The van der Waals surface area contributed by atoms with Crippen LogP contribution in [0, 0.1) is 5.41 Å². The molecule has 1 aromatic carbocycles. The number of pyridine rings is 1. The number of rotatable bonds is 0. The van der Waals surface area contributed by atoms with E-state index in [0.29, 0.717) is 0 Å². The van der Waals surface area contributed by atoms with Crippen LogP contribution in [0.5, 0.6) is 0 Å². The van der Waals surface area contributed by atoms with Crippen LogP contribution in [0.4, 0.5) is 0 Å². The number of fused-ring (bicyclic) bond motifs is 2. The van der Waals surface area contributed by atoms with E-state index in [4.69, 9.17) is 0 Å². The molecule has 1 aromatic heterocycles. The monoisotopic (exact) mass is 231 g/mol. The van der Waals surface area contributed by atoms with Crippen molar-refractivity contribution in [2.45, 2.75) is 6.42 Å². The fourth-order valence-corrected chi connectivity index (χ4v) is 2.95. The molecule has 0 aliphatic heterocycles. The maximum atomic E-state index is 4.22. The Morgan fingerprint density at radius 2 is 1.56 bits per heavy atom. The minimum Gasteiger partial charge on any atom is -0.264 e. The molecule has 1 nitrogen and oxygen atoms in total. The third kappa shape index (κ3) is 1.37. The molecule has 0 saturated heterocycles. The van der Waals surface area contributed by atoms with E-state index in [1.165, 1.54) is 20.9 Å². The lowest BCUT2D eigenvalue weighted by Crippen LogP contribution is -2.32. The first-order chi connectivity index (χ1) is 8.85. The lowest BCUT2D eigenvalue weighted by atomic mass is 9.82. The summed E-state index contributed by atoms with van der Waals surface area (Å²) in [5.74, 6) is 0. The van der Waals surface area contributed by atoms with Gasteiger partial charge < -0.3 is 0 Å². The summed E-state index contributed by atoms with van der Waals surface area (Å²) in [5.41, 5.74) is 0.0553. The van der Waals surface area contributed by atoms with Crippen LogP contribution in [0.15, 0.2) is 42.7 Å². The summed E-state index contributed by atoms with van der Waals surface area (Å²) in [7, 11) is 0. The highest BCUT2D eigenvalue weighted by atomic mass is 14.6. The third-order valence-electron chi connectivity index (χ3n) is 3.83. The van der Waals surface area contributed by atoms with Crippen LogP contribution in [0.3, 0.4) is 0 Å². The minimum atomic E-state index is 0.0553. The predicted octanol–water partition coefficient (Wildman–Crippen LogP) is 0.307. The Morgan fingerprint density at radius 1 is 0.833 bits per heavy atom. The van der Waals surface area contributed by atoms with Crippen LogP contribution < -0.4 is 20.9 Å². The Labute approximate surface area is 105 Å². The summed E-state index contributed by atoms with van der Waals surface area (Å²) in [6.45, 7) is 0. The third-order valence-corrected chi connectivity index (χ3v) is 3.83. The molecule has 1 heteroatoms. The Hall–Kier alpha value is -2.15. The second kappa shape index (κ2) is 3.42. The number of hydrogen-bond donors (Lipinski definition) is 0. The molecule has 2 aliphatic carbocycles. The van der Waals surface area contributed by atoms with E-state index in [2.05, 4.69) is 59.6 Å². The maximum Gasteiger partial charge on any atom is 0.0343 e. The first-order valence-electron chi connectivity index (χ1n) is 6.29. The van der Waals surface area contributed by atoms with E-state index >= 15 is 0 Å². The van der Waals surface area contributed by atoms with Crippen molar-refractivity contribution in [2.75, 3.05) is 0 Å². The van der Waals surface area contributed by atoms with Crippen molar-refractivity contribution in [3.05, 3.63) is 63.6 Å². The zero-order valence-electron chi connectivity index (χ0n) is 10.0. The summed E-state index contributed by atoms with van der Waals surface area (Å²) >= 11 is 0. The molecule has 2 aromatic rings. The Morgan fingerprint density at radius 3 is 2.33 bits per heavy atom. The van der Waals surface area contributed by atoms with Crippen molar-refractivity contribution in [3.8, 4) is 0 Å². The highest BCUT2D eigenvalue weighted by Gasteiger charge is 2.25. The van der Waals surface area contributed by atoms with Gasteiger partial charge in [-0.1, -0.05) is 48.6 Å². The molecule has 4 rings (SSSR count). The van der Waals surface area contributed by atoms with Gasteiger partial charge in [0.2, 0.25) is 0 Å². The van der Waals surface area contributed by atoms with Crippen LogP contribution in [0.1, 0.15) is 6.42 Å². The van der Waals surface area contributed by atoms with Gasteiger partial charge in [0.25, 0.3) is 0 Å². The second-order valence-electron chi connectivity index (χ2n) is 5.09. The zero-order valence-corrected chi connectivity index (χ0v) is 10.0. The SMILES string of the molecule is C1=c2ccccc2=CC12C=c1cnccc1=CC2. The average molecular weight is 231 g/mol. The molecule has 2 aliphatic rings. The second-order valence-corrected chi connectivity index (χ2v) is 5.09. The van der Waals surface area contributed by atoms with Crippen LogP contribution in [0.25, 0.3) is 24.3 Å². The number of hydrogen-bond acceptors (Lipinski definition) is 1. The molecule has 0 fully saturated rings. The van der Waals surface area contributed by atoms with E-state index in [0.717, 1.165) is 6.42 Å². The topological polar surface area (TPSA) is 12.9 Å². The van der Waals surface area contributed by atoms with Crippen molar-refractivity contribution in [3.63, 3.8) is 0 Å². The highest BCUT2D eigenvalue weighted by molar-refractivity contribution is 5.72. The van der Waals surface area contributed by atoms with E-state index in [1.54, 1.807) is 0 Å². The molecule has 0 radical (unpaired) electrons. The Kier molecular flexibility index (Phi) is 1.87. The van der Waals surface area contributed by atoms with Crippen molar-refractivity contribution in [1.29, 1.82) is 0 Å². The number of benzene rings is 1. The summed E-state index contributed by atoms with van der Waals surface area (Å²) < 4.78 is 0. The quantitative estimate of drug-likeness (QED) is 0.636. The smallest absolute Gasteiger partial charge is 0.0343 e. The average Bonchev–Trinajstić information content (AvgIpc) is 2.76. The minimum absolute atomic E-state index is 0.0553. The molecule has 18 heavy (non-hydrogen) atoms. The van der Waals surface area contributed by atoms with E-state index in [1.807, 2.05) is 12.4 Å². The van der Waals surface area contributed by atoms with Gasteiger partial charge in [-0.05, 0) is 33.4 Å². The zero-order chi connectivity index (χ0) is 12.0. The Bertz CT molecular complexity index is 824. The molecule has 0 saturated carbocycles. The summed E-state index contributed by atoms with van der Waals surface area (Å²) in [6.07, 6.45) is 14.3. The molecule has 1 spiro atoms. The summed E-state index contributed by atoms with van der Waals surface area (Å²) in [5, 5.41) is 5.22. The van der Waals surface area contributed by atoms with Crippen molar-refractivity contribution in [1.82, 2.24) is 4.98 Å². The van der Waals surface area contributed by atoms with Gasteiger partial charge in [-0.15, -0.1) is 0 Å². The number of aromatic nitrogens is 1. The van der Waals surface area contributed by atoms with Gasteiger partial charge in [0, 0.05) is 17.8 Å². The standard InChI is InChI=1S/C17H13N/c1-2-4-15-10-17(9-14(15)3-1)7-5-13-6-8-18-12-16(13)11-17/h1-6,8-12H,7H2. The van der Waals surface area contributed by atoms with Crippen molar-refractivity contribution >= 4 is 24.3 Å². The van der Waals surface area contributed by atoms with Gasteiger partial charge in [-0.2, -0.15) is 0 Å². The van der Waals surface area contributed by atoms with Gasteiger partial charge in [0.15, 0.2) is 0 Å². The fourth-order valence-electron chi connectivity index (χ4n) is 2.95. The molecular weight excluding hydrogens is 218 g/mol. The predicted molar refractivity (Wildman–Crippen MR) is 74.1 cm³/mol. The maximum absolute atomic E-state index is 4.22. The molecule has 0 bridgehead atoms. The van der Waals surface area contributed by atoms with Crippen LogP contribution in [-0.4, -0.2) is 4.98 Å². The summed E-state index contributed by atoms with van der Waals surface area (Å²) in [4.78, 5) is 4.22. The molecule has 0 atom stereocenters. The van der Waals surface area contributed by atoms with Crippen molar-refractivity contribution < 1.29 is 0 Å². The number of nitrogens with zero attached hydrogens (tertiary/aromatic N) is 1. The first kappa shape index (κ1) is 9.84. The Balaban J connectivity index is 2.01. The van der Waals surface area contributed by atoms with E-state index in [9.17, 15) is 0 Å². The molecule has 0 unspecified atom stereocenters. The normalized spacial score (nSPS) is 17.8. The van der Waals surface area contributed by atoms with E-state index < -0.39 is 0 Å². The lowest BCUT2D eigenvalue weighted by molar-refractivity contribution is 0.792. The van der Waals surface area contributed by atoms with Crippen LogP contribution in [0.2, 0.25) is 0 Å². The largest absolute Gasteiger partial charge is 0.264 e. The summed E-state index contributed by atoms with van der Waals surface area (Å²) in [6, 6.07) is 10.7. The van der Waals surface area contributed by atoms with Gasteiger partial charge >= 0.3 is 0 Å². The first-order valence-corrected chi connectivity index (χ1v) is 6.29. The van der Waals surface area contributed by atoms with Gasteiger partial charge in [-0.25, -0.2) is 0 Å². The highest BCUT2D eigenvalue weighted by Crippen LogP contribution is 2.31. The molecule has 1 heterocycles. The van der Waals surface area contributed by atoms with Gasteiger partial charge in [-0.3, -0.25) is 4.98 Å². The van der Waals surface area contributed by atoms with Crippen molar-refractivity contribution in [2.24, 2.45) is 5.41 Å². The van der Waals surface area contributed by atoms with Crippen LogP contribution >= 0.6 is 0 Å². The fraction of sp³-hybridized carbons (Fsp3) is 0.118. The molecular formula is C17H13N. The van der Waals surface area contributed by atoms with Gasteiger partial charge in [0.05, 0.1) is 0 Å². The molecule has 0 N–H and O–H groups in total. The van der Waals surface area contributed by atoms with Gasteiger partial charge in [0.1, 0.15) is 0 Å². The van der Waals surface area contributed by atoms with Crippen LogP contribution in [-0.2, 0) is 0 Å². The molecule has 86 valence electrons. The molecule has 0 amide bonds.